The van der Waals surface area contributed by atoms with Crippen molar-refractivity contribution in [3.05, 3.63) is 117 Å². The van der Waals surface area contributed by atoms with E-state index in [0.717, 1.165) is 101 Å². The van der Waals surface area contributed by atoms with E-state index in [4.69, 9.17) is 32.2 Å². The van der Waals surface area contributed by atoms with Crippen LogP contribution in [0, 0.1) is 0 Å². The Morgan fingerprint density at radius 1 is 0.533 bits per heavy atom. The summed E-state index contributed by atoms with van der Waals surface area (Å²) in [5.41, 5.74) is 12.4. The lowest BCUT2D eigenvalue weighted by Gasteiger charge is -2.36. The molecule has 7 nitrogen and oxygen atoms in total. The van der Waals surface area contributed by atoms with Gasteiger partial charge in [0.05, 0.1) is 18.6 Å². The van der Waals surface area contributed by atoms with Gasteiger partial charge in [0.25, 0.3) is 0 Å². The van der Waals surface area contributed by atoms with Crippen LogP contribution >= 0.6 is 0 Å². The van der Waals surface area contributed by atoms with E-state index >= 15 is 0 Å². The standard InChI is InChI=1S/C52H70O7Si/c1-7-13-21-38-30-42(31-39(22-14-8-2)50(38)55-36-44-34-53-44)52(48-27-18-16-25-46(48)47-26-17-19-28-49(47)52)43-32-40(23-15-9-3)51(56-37-45-35-54-45)41(33-43)24-20-29-60(57-10-4,58-11-5)59-12-6/h16-19,25-28,30-33,44-45H,7-15,20-24,29,34-37H2,1-6H3. The van der Waals surface area contributed by atoms with Crippen molar-refractivity contribution in [2.75, 3.05) is 46.2 Å². The largest absolute Gasteiger partial charge is 0.500 e. The second kappa shape index (κ2) is 21.0. The number of epoxide rings is 2. The van der Waals surface area contributed by atoms with Crippen molar-refractivity contribution in [3.8, 4) is 22.6 Å². The van der Waals surface area contributed by atoms with Crippen molar-refractivity contribution in [1.29, 1.82) is 0 Å². The van der Waals surface area contributed by atoms with Crippen molar-refractivity contribution < 1.29 is 32.2 Å². The third-order valence-electron chi connectivity index (χ3n) is 12.4. The highest BCUT2D eigenvalue weighted by Crippen LogP contribution is 2.57. The Morgan fingerprint density at radius 3 is 1.25 bits per heavy atom. The maximum atomic E-state index is 6.87. The highest BCUT2D eigenvalue weighted by atomic mass is 28.4. The minimum Gasteiger partial charge on any atom is -0.490 e. The summed E-state index contributed by atoms with van der Waals surface area (Å²) in [6, 6.07) is 29.0. The molecule has 60 heavy (non-hydrogen) atoms. The maximum absolute atomic E-state index is 6.87. The highest BCUT2D eigenvalue weighted by molar-refractivity contribution is 6.60. The molecule has 2 fully saturated rings. The normalized spacial score (nSPS) is 17.4. The van der Waals surface area contributed by atoms with Crippen LogP contribution in [-0.4, -0.2) is 67.3 Å². The van der Waals surface area contributed by atoms with E-state index in [2.05, 4.69) is 93.6 Å². The van der Waals surface area contributed by atoms with Crippen LogP contribution in [0.3, 0.4) is 0 Å². The van der Waals surface area contributed by atoms with Gasteiger partial charge in [-0.2, -0.15) is 0 Å². The zero-order valence-electron chi connectivity index (χ0n) is 37.4. The summed E-state index contributed by atoms with van der Waals surface area (Å²) in [5.74, 6) is 2.10. The monoisotopic (exact) mass is 834 g/mol. The predicted octanol–water partition coefficient (Wildman–Crippen LogP) is 11.6. The van der Waals surface area contributed by atoms with Crippen LogP contribution in [0.25, 0.3) is 11.1 Å². The van der Waals surface area contributed by atoms with Crippen LogP contribution in [-0.2, 0) is 53.9 Å². The molecular weight excluding hydrogens is 765 g/mol. The molecule has 7 rings (SSSR count). The molecule has 4 aromatic carbocycles. The molecule has 0 spiro atoms. The van der Waals surface area contributed by atoms with Gasteiger partial charge in [0.15, 0.2) is 0 Å². The van der Waals surface area contributed by atoms with Crippen molar-refractivity contribution in [3.63, 3.8) is 0 Å². The molecule has 0 aromatic heterocycles. The van der Waals surface area contributed by atoms with Gasteiger partial charge in [0.1, 0.15) is 36.9 Å². The minimum atomic E-state index is -2.86. The molecule has 3 aliphatic rings. The van der Waals surface area contributed by atoms with Gasteiger partial charge < -0.3 is 32.2 Å². The van der Waals surface area contributed by atoms with Crippen LogP contribution in [0.4, 0.5) is 0 Å². The van der Waals surface area contributed by atoms with E-state index in [9.17, 15) is 0 Å². The van der Waals surface area contributed by atoms with Crippen molar-refractivity contribution >= 4 is 8.80 Å². The number of hydrogen-bond donors (Lipinski definition) is 0. The summed E-state index contributed by atoms with van der Waals surface area (Å²) in [4.78, 5) is 0. The number of unbranched alkanes of at least 4 members (excludes halogenated alkanes) is 3. The Bertz CT molecular complexity index is 1910. The number of fused-ring (bicyclic) bond motifs is 3. The SMILES string of the molecule is CCCCc1cc(C2(c3cc(CCCC)c(OCC4CO4)c(CCC[Si](OCC)(OCC)OCC)c3)c3ccccc3-c3ccccc32)cc(CCCC)c1OCC1CO1. The van der Waals surface area contributed by atoms with Gasteiger partial charge in [-0.25, -0.2) is 0 Å². The van der Waals surface area contributed by atoms with Crippen molar-refractivity contribution in [1.82, 2.24) is 0 Å². The zero-order chi connectivity index (χ0) is 42.0. The fourth-order valence-corrected chi connectivity index (χ4v) is 12.0. The fraction of sp³-hybridized carbons (Fsp3) is 0.538. The molecule has 0 amide bonds. The Morgan fingerprint density at radius 2 is 0.900 bits per heavy atom. The first-order valence-corrected chi connectivity index (χ1v) is 25.3. The minimum absolute atomic E-state index is 0.153. The third-order valence-corrected chi connectivity index (χ3v) is 15.5. The van der Waals surface area contributed by atoms with Gasteiger partial charge in [-0.1, -0.05) is 113 Å². The van der Waals surface area contributed by atoms with Gasteiger partial charge in [0, 0.05) is 25.9 Å². The van der Waals surface area contributed by atoms with Gasteiger partial charge in [-0.3, -0.25) is 0 Å². The second-order valence-corrected chi connectivity index (χ2v) is 19.5. The predicted molar refractivity (Wildman–Crippen MR) is 244 cm³/mol. The summed E-state index contributed by atoms with van der Waals surface area (Å²) in [5, 5.41) is 0. The van der Waals surface area contributed by atoms with E-state index in [1.54, 1.807) is 0 Å². The molecule has 2 unspecified atom stereocenters. The van der Waals surface area contributed by atoms with Crippen LogP contribution in [0.5, 0.6) is 11.5 Å². The first-order chi connectivity index (χ1) is 29.4. The summed E-state index contributed by atoms with van der Waals surface area (Å²) >= 11 is 0. The van der Waals surface area contributed by atoms with Gasteiger partial charge in [0.2, 0.25) is 0 Å². The Labute approximate surface area is 361 Å². The lowest BCUT2D eigenvalue weighted by atomic mass is 9.66. The molecule has 0 radical (unpaired) electrons. The van der Waals surface area contributed by atoms with E-state index < -0.39 is 14.2 Å². The van der Waals surface area contributed by atoms with E-state index in [-0.39, 0.29) is 12.2 Å². The first-order valence-electron chi connectivity index (χ1n) is 23.4. The van der Waals surface area contributed by atoms with Crippen molar-refractivity contribution in [2.24, 2.45) is 0 Å². The average molecular weight is 835 g/mol. The maximum Gasteiger partial charge on any atom is 0.500 e. The summed E-state index contributed by atoms with van der Waals surface area (Å²) in [7, 11) is -2.86. The average Bonchev–Trinajstić information content (AvgIpc) is 4.22. The number of aryl methyl sites for hydroxylation is 4. The molecule has 1 aliphatic carbocycles. The highest BCUT2D eigenvalue weighted by Gasteiger charge is 2.47. The van der Waals surface area contributed by atoms with Crippen LogP contribution in [0.2, 0.25) is 6.04 Å². The van der Waals surface area contributed by atoms with Crippen LogP contribution < -0.4 is 9.47 Å². The lowest BCUT2D eigenvalue weighted by molar-refractivity contribution is 0.0708. The van der Waals surface area contributed by atoms with Crippen LogP contribution in [0.1, 0.15) is 131 Å². The van der Waals surface area contributed by atoms with Gasteiger partial charge >= 0.3 is 8.80 Å². The zero-order valence-corrected chi connectivity index (χ0v) is 38.4. The van der Waals surface area contributed by atoms with Crippen LogP contribution in [0.15, 0.2) is 72.8 Å². The molecule has 0 N–H and O–H groups in total. The number of rotatable bonds is 27. The first kappa shape index (κ1) is 44.5. The molecule has 2 atom stereocenters. The summed E-state index contributed by atoms with van der Waals surface area (Å²) < 4.78 is 44.0. The smallest absolute Gasteiger partial charge is 0.490 e. The van der Waals surface area contributed by atoms with E-state index in [1.807, 2.05) is 20.8 Å². The lowest BCUT2D eigenvalue weighted by Crippen LogP contribution is -2.46. The molecule has 2 aliphatic heterocycles. The van der Waals surface area contributed by atoms with Gasteiger partial charge in [-0.05, 0) is 128 Å². The van der Waals surface area contributed by atoms with E-state index in [0.29, 0.717) is 33.0 Å². The summed E-state index contributed by atoms with van der Waals surface area (Å²) in [6.45, 7) is 17.4. The third kappa shape index (κ3) is 9.90. The van der Waals surface area contributed by atoms with E-state index in [1.165, 1.54) is 55.6 Å². The number of benzene rings is 4. The Balaban J connectivity index is 1.46. The molecule has 2 saturated heterocycles. The van der Waals surface area contributed by atoms with Crippen molar-refractivity contribution in [2.45, 2.75) is 136 Å². The second-order valence-electron chi connectivity index (χ2n) is 16.8. The molecule has 0 saturated carbocycles. The number of hydrogen-bond acceptors (Lipinski definition) is 7. The Kier molecular flexibility index (Phi) is 15.6. The number of ether oxygens (including phenoxy) is 4. The summed E-state index contributed by atoms with van der Waals surface area (Å²) in [6.07, 6.45) is 11.5. The molecule has 0 bridgehead atoms. The topological polar surface area (TPSA) is 71.2 Å². The van der Waals surface area contributed by atoms with Gasteiger partial charge in [-0.15, -0.1) is 0 Å². The molecule has 8 heteroatoms. The molecular formula is C52H70O7Si. The molecule has 2 heterocycles. The fourth-order valence-electron chi connectivity index (χ4n) is 9.36. The Hall–Kier alpha value is -3.50. The molecule has 324 valence electrons. The molecule has 4 aromatic rings. The quantitative estimate of drug-likeness (QED) is 0.0385.